The molecule has 18 heavy (non-hydrogen) atoms. The van der Waals surface area contributed by atoms with Crippen LogP contribution in [-0.4, -0.2) is 19.1 Å². The van der Waals surface area contributed by atoms with E-state index in [1.807, 2.05) is 0 Å². The fourth-order valence-corrected chi connectivity index (χ4v) is 1.32. The number of alkyl halides is 4. The predicted octanol–water partition coefficient (Wildman–Crippen LogP) is 2.22. The van der Waals surface area contributed by atoms with Gasteiger partial charge in [-0.25, -0.2) is 4.39 Å². The minimum absolute atomic E-state index is 0.110. The number of ether oxygens (including phenoxy) is 1. The van der Waals surface area contributed by atoms with Gasteiger partial charge in [0.05, 0.1) is 12.7 Å². The summed E-state index contributed by atoms with van der Waals surface area (Å²) in [6, 6.07) is 1.77. The lowest BCUT2D eigenvalue weighted by Gasteiger charge is -2.15. The van der Waals surface area contributed by atoms with Gasteiger partial charge < -0.3 is 10.5 Å². The maximum atomic E-state index is 13.7. The summed E-state index contributed by atoms with van der Waals surface area (Å²) in [5.74, 6) is -0.970. The molecule has 0 fully saturated rings. The first-order valence-electron chi connectivity index (χ1n) is 4.92. The lowest BCUT2D eigenvalue weighted by molar-refractivity contribution is -0.144. The summed E-state index contributed by atoms with van der Waals surface area (Å²) < 4.78 is 54.7. The summed E-state index contributed by atoms with van der Waals surface area (Å²) in [5.41, 5.74) is 4.25. The molecule has 1 aromatic rings. The molecule has 1 rings (SSSR count). The highest BCUT2D eigenvalue weighted by Gasteiger charge is 2.31. The molecular formula is C11H11F4NO2. The number of benzene rings is 1. The average Bonchev–Trinajstić information content (AvgIpc) is 2.35. The predicted molar refractivity (Wildman–Crippen MR) is 55.3 cm³/mol. The number of carbonyl (C=O) groups excluding carboxylic acids is 1. The normalized spacial score (nSPS) is 15.0. The lowest BCUT2D eigenvalue weighted by atomic mass is 10.0. The molecule has 0 radical (unpaired) electrons. The number of halogens is 4. The maximum Gasteiger partial charge on any atom is 0.416 e. The number of rotatable bonds is 3. The van der Waals surface area contributed by atoms with Crippen molar-refractivity contribution in [1.82, 2.24) is 0 Å². The molecule has 0 amide bonds. The average molecular weight is 265 g/mol. The number of hydrogen-bond acceptors (Lipinski definition) is 3. The zero-order valence-corrected chi connectivity index (χ0v) is 9.37. The van der Waals surface area contributed by atoms with E-state index in [1.165, 1.54) is 0 Å². The standard InChI is InChI=1S/C11H11F4NO2/c1-18-10(17)9(16)8(12)6-2-4-7(5-3-6)11(13,14)15/h2-5,8-9H,16H2,1H3. The second-order valence-corrected chi connectivity index (χ2v) is 3.57. The van der Waals surface area contributed by atoms with E-state index in [2.05, 4.69) is 4.74 Å². The van der Waals surface area contributed by atoms with Crippen LogP contribution in [0.3, 0.4) is 0 Å². The summed E-state index contributed by atoms with van der Waals surface area (Å²) in [4.78, 5) is 11.0. The highest BCUT2D eigenvalue weighted by atomic mass is 19.4. The molecule has 1 aromatic carbocycles. The van der Waals surface area contributed by atoms with E-state index in [1.54, 1.807) is 0 Å². The van der Waals surface area contributed by atoms with Crippen molar-refractivity contribution in [3.05, 3.63) is 35.4 Å². The Balaban J connectivity index is 2.89. The molecule has 7 heteroatoms. The summed E-state index contributed by atoms with van der Waals surface area (Å²) in [6.07, 6.45) is -6.41. The van der Waals surface area contributed by atoms with Crippen molar-refractivity contribution in [3.8, 4) is 0 Å². The molecule has 0 saturated heterocycles. The van der Waals surface area contributed by atoms with Crippen molar-refractivity contribution in [2.75, 3.05) is 7.11 Å². The Bertz CT molecular complexity index is 416. The summed E-state index contributed by atoms with van der Waals surface area (Å²) in [6.45, 7) is 0. The Morgan fingerprint density at radius 1 is 1.28 bits per heavy atom. The van der Waals surface area contributed by atoms with Crippen LogP contribution in [0.5, 0.6) is 0 Å². The van der Waals surface area contributed by atoms with E-state index in [-0.39, 0.29) is 5.56 Å². The van der Waals surface area contributed by atoms with Gasteiger partial charge in [-0.1, -0.05) is 12.1 Å². The summed E-state index contributed by atoms with van der Waals surface area (Å²) in [5, 5.41) is 0. The van der Waals surface area contributed by atoms with Gasteiger partial charge in [-0.15, -0.1) is 0 Å². The van der Waals surface area contributed by atoms with Gasteiger partial charge in [0.2, 0.25) is 0 Å². The molecule has 0 aliphatic rings. The molecule has 0 aliphatic heterocycles. The first-order valence-corrected chi connectivity index (χ1v) is 4.92. The van der Waals surface area contributed by atoms with Crippen LogP contribution in [-0.2, 0) is 15.7 Å². The fraction of sp³-hybridized carbons (Fsp3) is 0.364. The van der Waals surface area contributed by atoms with Gasteiger partial charge >= 0.3 is 12.1 Å². The van der Waals surface area contributed by atoms with Crippen LogP contribution in [0.4, 0.5) is 17.6 Å². The van der Waals surface area contributed by atoms with Crippen LogP contribution in [0, 0.1) is 0 Å². The molecule has 2 N–H and O–H groups in total. The van der Waals surface area contributed by atoms with E-state index in [4.69, 9.17) is 5.73 Å². The van der Waals surface area contributed by atoms with Crippen molar-refractivity contribution in [2.24, 2.45) is 5.73 Å². The zero-order valence-electron chi connectivity index (χ0n) is 9.37. The molecule has 2 atom stereocenters. The summed E-state index contributed by atoms with van der Waals surface area (Å²) in [7, 11) is 1.04. The van der Waals surface area contributed by atoms with Gasteiger partial charge in [0.25, 0.3) is 0 Å². The van der Waals surface area contributed by atoms with Crippen LogP contribution in [0.1, 0.15) is 17.3 Å². The van der Waals surface area contributed by atoms with Gasteiger partial charge in [0, 0.05) is 0 Å². The highest BCUT2D eigenvalue weighted by Crippen LogP contribution is 2.30. The molecular weight excluding hydrogens is 254 g/mol. The van der Waals surface area contributed by atoms with Crippen LogP contribution in [0.2, 0.25) is 0 Å². The minimum Gasteiger partial charge on any atom is -0.468 e. The van der Waals surface area contributed by atoms with E-state index < -0.39 is 29.9 Å². The van der Waals surface area contributed by atoms with Crippen molar-refractivity contribution >= 4 is 5.97 Å². The van der Waals surface area contributed by atoms with Crippen molar-refractivity contribution in [3.63, 3.8) is 0 Å². The molecule has 0 spiro atoms. The Labute approximate surface area is 101 Å². The third-order valence-corrected chi connectivity index (χ3v) is 2.35. The van der Waals surface area contributed by atoms with Crippen molar-refractivity contribution < 1.29 is 27.1 Å². The highest BCUT2D eigenvalue weighted by molar-refractivity contribution is 5.76. The van der Waals surface area contributed by atoms with Gasteiger partial charge in [-0.05, 0) is 17.7 Å². The zero-order chi connectivity index (χ0) is 13.9. The van der Waals surface area contributed by atoms with Crippen LogP contribution in [0.15, 0.2) is 24.3 Å². The Morgan fingerprint density at radius 2 is 1.78 bits per heavy atom. The smallest absolute Gasteiger partial charge is 0.416 e. The Kier molecular flexibility index (Phi) is 4.28. The van der Waals surface area contributed by atoms with E-state index in [0.717, 1.165) is 31.4 Å². The quantitative estimate of drug-likeness (QED) is 0.673. The van der Waals surface area contributed by atoms with Crippen LogP contribution >= 0.6 is 0 Å². The first kappa shape index (κ1) is 14.4. The topological polar surface area (TPSA) is 52.3 Å². The van der Waals surface area contributed by atoms with Gasteiger partial charge in [0.1, 0.15) is 6.04 Å². The number of carbonyl (C=O) groups is 1. The van der Waals surface area contributed by atoms with Gasteiger partial charge in [-0.3, -0.25) is 4.79 Å². The molecule has 0 aromatic heterocycles. The van der Waals surface area contributed by atoms with E-state index in [0.29, 0.717) is 0 Å². The second kappa shape index (κ2) is 5.34. The third-order valence-electron chi connectivity index (χ3n) is 2.35. The largest absolute Gasteiger partial charge is 0.468 e. The van der Waals surface area contributed by atoms with Gasteiger partial charge in [-0.2, -0.15) is 13.2 Å². The minimum atomic E-state index is -4.49. The van der Waals surface area contributed by atoms with Crippen molar-refractivity contribution in [2.45, 2.75) is 18.4 Å². The molecule has 0 bridgehead atoms. The molecule has 2 unspecified atom stereocenters. The molecule has 100 valence electrons. The number of methoxy groups -OCH3 is 1. The molecule has 0 saturated carbocycles. The number of nitrogens with two attached hydrogens (primary N) is 1. The molecule has 0 heterocycles. The number of esters is 1. The van der Waals surface area contributed by atoms with E-state index in [9.17, 15) is 22.4 Å². The molecule has 0 aliphatic carbocycles. The Hall–Kier alpha value is -1.63. The second-order valence-electron chi connectivity index (χ2n) is 3.57. The monoisotopic (exact) mass is 265 g/mol. The SMILES string of the molecule is COC(=O)C(N)C(F)c1ccc(C(F)(F)F)cc1. The van der Waals surface area contributed by atoms with Crippen LogP contribution < -0.4 is 5.73 Å². The molecule has 3 nitrogen and oxygen atoms in total. The maximum absolute atomic E-state index is 13.7. The fourth-order valence-electron chi connectivity index (χ4n) is 1.32. The van der Waals surface area contributed by atoms with Crippen molar-refractivity contribution in [1.29, 1.82) is 0 Å². The van der Waals surface area contributed by atoms with Crippen LogP contribution in [0.25, 0.3) is 0 Å². The summed E-state index contributed by atoms with van der Waals surface area (Å²) >= 11 is 0. The number of hydrogen-bond donors (Lipinski definition) is 1. The van der Waals surface area contributed by atoms with E-state index >= 15 is 0 Å². The van der Waals surface area contributed by atoms with Gasteiger partial charge in [0.15, 0.2) is 6.17 Å². The third kappa shape index (κ3) is 3.19. The first-order chi connectivity index (χ1) is 8.27. The lowest BCUT2D eigenvalue weighted by Crippen LogP contribution is -2.35. The Morgan fingerprint density at radius 3 is 2.17 bits per heavy atom.